The fraction of sp³-hybridized carbons (Fsp3) is 0.400. The van der Waals surface area contributed by atoms with E-state index in [-0.39, 0.29) is 24.4 Å². The smallest absolute Gasteiger partial charge is 0.251 e. The first-order valence-corrected chi connectivity index (χ1v) is 11.2. The topological polar surface area (TPSA) is 76.5 Å². The summed E-state index contributed by atoms with van der Waals surface area (Å²) in [5.41, 5.74) is 2.19. The Morgan fingerprint density at radius 3 is 2.50 bits per heavy atom. The number of nitrogens with one attached hydrogen (secondary N) is 1. The Hall–Kier alpha value is -3.35. The van der Waals surface area contributed by atoms with Gasteiger partial charge in [-0.2, -0.15) is 0 Å². The molecule has 1 heterocycles. The summed E-state index contributed by atoms with van der Waals surface area (Å²) in [5.74, 6) is 1.11. The van der Waals surface area contributed by atoms with Gasteiger partial charge in [0.15, 0.2) is 0 Å². The van der Waals surface area contributed by atoms with Crippen LogP contribution in [0.15, 0.2) is 48.5 Å². The third kappa shape index (κ3) is 5.28. The molecule has 0 saturated heterocycles. The zero-order chi connectivity index (χ0) is 23.1. The minimum absolute atomic E-state index is 0.0597. The van der Waals surface area contributed by atoms with Gasteiger partial charge >= 0.3 is 0 Å². The number of carbonyl (C=O) groups excluding carboxylic acids is 2. The van der Waals surface area contributed by atoms with Gasteiger partial charge in [0, 0.05) is 18.7 Å². The fourth-order valence-corrected chi connectivity index (χ4v) is 3.84. The van der Waals surface area contributed by atoms with Gasteiger partial charge in [-0.1, -0.05) is 32.0 Å². The Kier molecular flexibility index (Phi) is 7.87. The van der Waals surface area contributed by atoms with Gasteiger partial charge < -0.3 is 19.5 Å². The summed E-state index contributed by atoms with van der Waals surface area (Å²) in [6, 6.07) is 14.4. The molecule has 1 atom stereocenters. The van der Waals surface area contributed by atoms with Gasteiger partial charge in [0.25, 0.3) is 5.91 Å². The first-order valence-electron chi connectivity index (χ1n) is 11.2. The lowest BCUT2D eigenvalue weighted by atomic mass is 10.2. The highest BCUT2D eigenvalue weighted by Gasteiger charge is 2.22. The van der Waals surface area contributed by atoms with Crippen molar-refractivity contribution in [2.75, 3.05) is 20.2 Å². The average molecular weight is 437 g/mol. The lowest BCUT2D eigenvalue weighted by Crippen LogP contribution is -2.36. The zero-order valence-electron chi connectivity index (χ0n) is 19.3. The lowest BCUT2D eigenvalue weighted by molar-refractivity contribution is -0.131. The highest BCUT2D eigenvalue weighted by atomic mass is 16.5. The highest BCUT2D eigenvalue weighted by Crippen LogP contribution is 2.22. The summed E-state index contributed by atoms with van der Waals surface area (Å²) < 4.78 is 7.14. The van der Waals surface area contributed by atoms with E-state index in [9.17, 15) is 9.59 Å². The largest absolute Gasteiger partial charge is 0.497 e. The Morgan fingerprint density at radius 2 is 1.81 bits per heavy atom. The maximum Gasteiger partial charge on any atom is 0.251 e. The minimum atomic E-state index is -0.389. The average Bonchev–Trinajstić information content (AvgIpc) is 3.17. The van der Waals surface area contributed by atoms with Gasteiger partial charge in [0.05, 0.1) is 24.2 Å². The molecular formula is C25H32N4O3. The standard InChI is InChI=1S/C25H32N4O3/c1-5-14-28(15-6-2)23(30)17-29-22-13-8-7-12-21(22)27-24(29)18(3)26-25(31)19-10-9-11-20(16-19)32-4/h7-13,16,18H,5-6,14-15,17H2,1-4H3,(H,26,31). The number of para-hydroxylation sites is 2. The van der Waals surface area contributed by atoms with Gasteiger partial charge in [-0.05, 0) is 50.1 Å². The molecule has 170 valence electrons. The van der Waals surface area contributed by atoms with Crippen molar-refractivity contribution in [2.45, 2.75) is 46.2 Å². The Balaban J connectivity index is 1.88. The maximum atomic E-state index is 13.1. The number of benzene rings is 2. The molecule has 7 heteroatoms. The van der Waals surface area contributed by atoms with Crippen LogP contribution in [-0.2, 0) is 11.3 Å². The van der Waals surface area contributed by atoms with Crippen LogP contribution in [0.25, 0.3) is 11.0 Å². The number of methoxy groups -OCH3 is 1. The number of hydrogen-bond donors (Lipinski definition) is 1. The molecule has 0 aliphatic carbocycles. The summed E-state index contributed by atoms with van der Waals surface area (Å²) in [4.78, 5) is 32.6. The van der Waals surface area contributed by atoms with Gasteiger partial charge in [-0.25, -0.2) is 4.98 Å². The summed E-state index contributed by atoms with van der Waals surface area (Å²) in [5, 5.41) is 3.02. The highest BCUT2D eigenvalue weighted by molar-refractivity contribution is 5.94. The van der Waals surface area contributed by atoms with Crippen molar-refractivity contribution < 1.29 is 14.3 Å². The fourth-order valence-electron chi connectivity index (χ4n) is 3.84. The number of hydrogen-bond acceptors (Lipinski definition) is 4. The van der Waals surface area contributed by atoms with Crippen LogP contribution in [0.4, 0.5) is 0 Å². The molecular weight excluding hydrogens is 404 g/mol. The number of carbonyl (C=O) groups is 2. The molecule has 3 rings (SSSR count). The van der Waals surface area contributed by atoms with Gasteiger partial charge in [-0.15, -0.1) is 0 Å². The van der Waals surface area contributed by atoms with E-state index in [0.717, 1.165) is 37.0 Å². The number of ether oxygens (including phenoxy) is 1. The monoisotopic (exact) mass is 436 g/mol. The Bertz CT molecular complexity index is 1070. The number of aromatic nitrogens is 2. The molecule has 0 bridgehead atoms. The van der Waals surface area contributed by atoms with Crippen molar-refractivity contribution in [1.29, 1.82) is 0 Å². The van der Waals surface area contributed by atoms with Crippen LogP contribution in [-0.4, -0.2) is 46.5 Å². The van der Waals surface area contributed by atoms with Crippen LogP contribution < -0.4 is 10.1 Å². The van der Waals surface area contributed by atoms with Crippen molar-refractivity contribution in [3.63, 3.8) is 0 Å². The molecule has 1 aromatic heterocycles. The number of nitrogens with zero attached hydrogens (tertiary/aromatic N) is 3. The SMILES string of the molecule is CCCN(CCC)C(=O)Cn1c(C(C)NC(=O)c2cccc(OC)c2)nc2ccccc21. The molecule has 0 fully saturated rings. The summed E-state index contributed by atoms with van der Waals surface area (Å²) in [6.07, 6.45) is 1.83. The Labute approximate surface area is 189 Å². The van der Waals surface area contributed by atoms with Crippen LogP contribution >= 0.6 is 0 Å². The number of fused-ring (bicyclic) bond motifs is 1. The van der Waals surface area contributed by atoms with Crippen LogP contribution in [0.1, 0.15) is 55.8 Å². The summed E-state index contributed by atoms with van der Waals surface area (Å²) in [7, 11) is 1.57. The van der Waals surface area contributed by atoms with E-state index >= 15 is 0 Å². The van der Waals surface area contributed by atoms with E-state index in [4.69, 9.17) is 9.72 Å². The molecule has 0 aliphatic heterocycles. The normalized spacial score (nSPS) is 11.9. The molecule has 3 aromatic rings. The first-order chi connectivity index (χ1) is 15.5. The van der Waals surface area contributed by atoms with Crippen LogP contribution in [0, 0.1) is 0 Å². The molecule has 32 heavy (non-hydrogen) atoms. The summed E-state index contributed by atoms with van der Waals surface area (Å²) in [6.45, 7) is 7.69. The van der Waals surface area contributed by atoms with E-state index in [2.05, 4.69) is 19.2 Å². The van der Waals surface area contributed by atoms with Crippen LogP contribution in [0.5, 0.6) is 5.75 Å². The number of rotatable bonds is 10. The van der Waals surface area contributed by atoms with Crippen LogP contribution in [0.2, 0.25) is 0 Å². The second-order valence-electron chi connectivity index (χ2n) is 7.85. The van der Waals surface area contributed by atoms with E-state index in [1.165, 1.54) is 0 Å². The quantitative estimate of drug-likeness (QED) is 0.517. The molecule has 0 saturated carbocycles. The second kappa shape index (κ2) is 10.8. The molecule has 2 aromatic carbocycles. The molecule has 7 nitrogen and oxygen atoms in total. The van der Waals surface area contributed by atoms with E-state index in [0.29, 0.717) is 17.1 Å². The predicted molar refractivity (Wildman–Crippen MR) is 126 cm³/mol. The third-order valence-corrected chi connectivity index (χ3v) is 5.38. The van der Waals surface area contributed by atoms with Crippen molar-refractivity contribution in [1.82, 2.24) is 19.8 Å². The number of amides is 2. The predicted octanol–water partition coefficient (Wildman–Crippen LogP) is 4.18. The van der Waals surface area contributed by atoms with Gasteiger partial charge in [-0.3, -0.25) is 9.59 Å². The second-order valence-corrected chi connectivity index (χ2v) is 7.85. The zero-order valence-corrected chi connectivity index (χ0v) is 19.3. The third-order valence-electron chi connectivity index (χ3n) is 5.38. The van der Waals surface area contributed by atoms with Gasteiger partial charge in [0.1, 0.15) is 18.1 Å². The van der Waals surface area contributed by atoms with Crippen LogP contribution in [0.3, 0.4) is 0 Å². The van der Waals surface area contributed by atoms with Crippen molar-refractivity contribution in [3.8, 4) is 5.75 Å². The van der Waals surface area contributed by atoms with E-state index in [1.54, 1.807) is 31.4 Å². The molecule has 1 N–H and O–H groups in total. The lowest BCUT2D eigenvalue weighted by Gasteiger charge is -2.23. The molecule has 0 spiro atoms. The van der Waals surface area contributed by atoms with Crippen molar-refractivity contribution >= 4 is 22.8 Å². The van der Waals surface area contributed by atoms with Crippen molar-refractivity contribution in [3.05, 3.63) is 59.9 Å². The number of imidazole rings is 1. The molecule has 0 radical (unpaired) electrons. The molecule has 0 aliphatic rings. The molecule has 1 unspecified atom stereocenters. The maximum absolute atomic E-state index is 13.1. The molecule has 2 amide bonds. The van der Waals surface area contributed by atoms with E-state index < -0.39 is 0 Å². The van der Waals surface area contributed by atoms with Crippen molar-refractivity contribution in [2.24, 2.45) is 0 Å². The minimum Gasteiger partial charge on any atom is -0.497 e. The first kappa shape index (κ1) is 23.3. The summed E-state index contributed by atoms with van der Waals surface area (Å²) >= 11 is 0. The Morgan fingerprint density at radius 1 is 1.09 bits per heavy atom. The van der Waals surface area contributed by atoms with Gasteiger partial charge in [0.2, 0.25) is 5.91 Å². The van der Waals surface area contributed by atoms with E-state index in [1.807, 2.05) is 40.7 Å².